The zero-order valence-electron chi connectivity index (χ0n) is 5.71. The molecule has 1 rings (SSSR count). The number of halogens is 1. The van der Waals surface area contributed by atoms with Gasteiger partial charge in [-0.2, -0.15) is 0 Å². The van der Waals surface area contributed by atoms with Gasteiger partial charge >= 0.3 is 0 Å². The average molecular weight is 149 g/mol. The molecule has 0 fully saturated rings. The lowest BCUT2D eigenvalue weighted by Crippen LogP contribution is -2.19. The van der Waals surface area contributed by atoms with Crippen LogP contribution in [0.25, 0.3) is 0 Å². The molecule has 1 heterocycles. The van der Waals surface area contributed by atoms with E-state index in [1.54, 1.807) is 0 Å². The molecule has 0 spiro atoms. The van der Waals surface area contributed by atoms with E-state index in [4.69, 9.17) is 0 Å². The van der Waals surface area contributed by atoms with Gasteiger partial charge in [-0.05, 0) is 6.42 Å². The summed E-state index contributed by atoms with van der Waals surface area (Å²) < 4.78 is 0. The predicted molar refractivity (Wildman–Crippen MR) is 42.5 cm³/mol. The van der Waals surface area contributed by atoms with E-state index in [0.717, 1.165) is 13.1 Å². The number of aliphatic imine (C=N–C) groups is 1. The highest BCUT2D eigenvalue weighted by molar-refractivity contribution is 5.85. The van der Waals surface area contributed by atoms with Crippen LogP contribution in [0.1, 0.15) is 13.3 Å². The van der Waals surface area contributed by atoms with Crippen LogP contribution in [0.5, 0.6) is 0 Å². The molecule has 2 nitrogen and oxygen atoms in total. The van der Waals surface area contributed by atoms with Gasteiger partial charge in [-0.25, -0.2) is 0 Å². The molecule has 3 heteroatoms. The summed E-state index contributed by atoms with van der Waals surface area (Å²) in [6, 6.07) is 0. The first kappa shape index (κ1) is 8.76. The van der Waals surface area contributed by atoms with Gasteiger partial charge in [0.1, 0.15) is 0 Å². The van der Waals surface area contributed by atoms with Crippen molar-refractivity contribution < 1.29 is 0 Å². The first-order valence-corrected chi connectivity index (χ1v) is 3.17. The average Bonchev–Trinajstić information content (AvgIpc) is 2.19. The molecular formula is C6H13ClN2. The summed E-state index contributed by atoms with van der Waals surface area (Å²) in [7, 11) is 0. The molecule has 0 aromatic carbocycles. The minimum atomic E-state index is 0. The summed E-state index contributed by atoms with van der Waals surface area (Å²) in [5.41, 5.74) is 0. The van der Waals surface area contributed by atoms with Crippen molar-refractivity contribution in [2.24, 2.45) is 4.99 Å². The van der Waals surface area contributed by atoms with Crippen molar-refractivity contribution in [2.45, 2.75) is 13.3 Å². The highest BCUT2D eigenvalue weighted by Gasteiger charge is 2.00. The van der Waals surface area contributed by atoms with Crippen LogP contribution < -0.4 is 0 Å². The van der Waals surface area contributed by atoms with Gasteiger partial charge in [0.2, 0.25) is 0 Å². The van der Waals surface area contributed by atoms with E-state index < -0.39 is 0 Å². The van der Waals surface area contributed by atoms with Crippen molar-refractivity contribution >= 4 is 18.7 Å². The van der Waals surface area contributed by atoms with Crippen molar-refractivity contribution in [2.75, 3.05) is 19.6 Å². The van der Waals surface area contributed by atoms with E-state index >= 15 is 0 Å². The third-order valence-electron chi connectivity index (χ3n) is 1.27. The van der Waals surface area contributed by atoms with E-state index in [1.165, 1.54) is 13.0 Å². The lowest BCUT2D eigenvalue weighted by Gasteiger charge is -2.10. The van der Waals surface area contributed by atoms with Crippen molar-refractivity contribution in [3.63, 3.8) is 0 Å². The van der Waals surface area contributed by atoms with E-state index in [0.29, 0.717) is 0 Å². The van der Waals surface area contributed by atoms with Gasteiger partial charge in [-0.15, -0.1) is 12.4 Å². The van der Waals surface area contributed by atoms with Gasteiger partial charge in [-0.1, -0.05) is 6.92 Å². The number of hydrogen-bond acceptors (Lipinski definition) is 2. The number of rotatable bonds is 2. The summed E-state index contributed by atoms with van der Waals surface area (Å²) >= 11 is 0. The lowest BCUT2D eigenvalue weighted by molar-refractivity contribution is 0.466. The molecule has 0 atom stereocenters. The molecule has 0 aromatic rings. The zero-order valence-corrected chi connectivity index (χ0v) is 6.52. The molecule has 0 saturated heterocycles. The normalized spacial score (nSPS) is 15.9. The van der Waals surface area contributed by atoms with Gasteiger partial charge in [0, 0.05) is 13.1 Å². The molecule has 0 unspecified atom stereocenters. The summed E-state index contributed by atoms with van der Waals surface area (Å²) in [5.74, 6) is 0. The fraction of sp³-hybridized carbons (Fsp3) is 0.833. The minimum Gasteiger partial charge on any atom is -0.361 e. The fourth-order valence-corrected chi connectivity index (χ4v) is 0.874. The van der Waals surface area contributed by atoms with Gasteiger partial charge in [0.05, 0.1) is 12.9 Å². The molecule has 0 aliphatic carbocycles. The Labute approximate surface area is 62.4 Å². The van der Waals surface area contributed by atoms with Crippen LogP contribution in [-0.2, 0) is 0 Å². The van der Waals surface area contributed by atoms with Crippen molar-refractivity contribution in [3.05, 3.63) is 0 Å². The largest absolute Gasteiger partial charge is 0.361 e. The third-order valence-corrected chi connectivity index (χ3v) is 1.27. The number of nitrogens with zero attached hydrogens (tertiary/aromatic N) is 2. The van der Waals surface area contributed by atoms with Crippen LogP contribution >= 0.6 is 12.4 Å². The Morgan fingerprint density at radius 3 is 2.89 bits per heavy atom. The number of hydrogen-bond donors (Lipinski definition) is 0. The third kappa shape index (κ3) is 2.70. The monoisotopic (exact) mass is 148 g/mol. The van der Waals surface area contributed by atoms with Crippen LogP contribution in [0.2, 0.25) is 0 Å². The van der Waals surface area contributed by atoms with Gasteiger partial charge in [0.15, 0.2) is 0 Å². The van der Waals surface area contributed by atoms with Crippen LogP contribution in [-0.4, -0.2) is 30.9 Å². The minimum absolute atomic E-state index is 0. The van der Waals surface area contributed by atoms with Crippen molar-refractivity contribution in [1.82, 2.24) is 4.90 Å². The molecule has 0 bridgehead atoms. The van der Waals surface area contributed by atoms with Gasteiger partial charge in [-0.3, -0.25) is 4.99 Å². The first-order valence-electron chi connectivity index (χ1n) is 3.17. The molecule has 0 N–H and O–H groups in total. The van der Waals surface area contributed by atoms with E-state index in [-0.39, 0.29) is 12.4 Å². The Kier molecular flexibility index (Phi) is 4.50. The molecule has 0 amide bonds. The summed E-state index contributed by atoms with van der Waals surface area (Å²) in [4.78, 5) is 6.33. The van der Waals surface area contributed by atoms with E-state index in [9.17, 15) is 0 Å². The second kappa shape index (κ2) is 4.62. The highest BCUT2D eigenvalue weighted by Crippen LogP contribution is 1.92. The maximum atomic E-state index is 4.08. The maximum absolute atomic E-state index is 4.08. The van der Waals surface area contributed by atoms with Crippen LogP contribution in [0.4, 0.5) is 0 Å². The second-order valence-corrected chi connectivity index (χ2v) is 2.06. The van der Waals surface area contributed by atoms with Crippen molar-refractivity contribution in [3.8, 4) is 0 Å². The fourth-order valence-electron chi connectivity index (χ4n) is 0.874. The molecule has 0 aromatic heterocycles. The van der Waals surface area contributed by atoms with Crippen LogP contribution in [0.3, 0.4) is 0 Å². The Balaban J connectivity index is 0.000000640. The van der Waals surface area contributed by atoms with Gasteiger partial charge < -0.3 is 4.90 Å². The molecule has 54 valence electrons. The Bertz CT molecular complexity index is 93.1. The Morgan fingerprint density at radius 1 is 1.67 bits per heavy atom. The van der Waals surface area contributed by atoms with E-state index in [2.05, 4.69) is 16.8 Å². The smallest absolute Gasteiger partial charge is 0.0851 e. The SMILES string of the molecule is CCCN1C=NCC1.Cl. The molecule has 1 aliphatic rings. The topological polar surface area (TPSA) is 15.6 Å². The quantitative estimate of drug-likeness (QED) is 0.574. The highest BCUT2D eigenvalue weighted by atomic mass is 35.5. The van der Waals surface area contributed by atoms with Crippen LogP contribution in [0, 0.1) is 0 Å². The van der Waals surface area contributed by atoms with Crippen LogP contribution in [0.15, 0.2) is 4.99 Å². The standard InChI is InChI=1S/C6H12N2.ClH/c1-2-4-8-5-3-7-6-8;/h6H,2-5H2,1H3;1H. The van der Waals surface area contributed by atoms with E-state index in [1.807, 2.05) is 6.34 Å². The molecule has 0 saturated carbocycles. The first-order chi connectivity index (χ1) is 3.93. The Morgan fingerprint density at radius 2 is 2.44 bits per heavy atom. The molecule has 9 heavy (non-hydrogen) atoms. The lowest BCUT2D eigenvalue weighted by atomic mass is 10.4. The molecule has 0 radical (unpaired) electrons. The van der Waals surface area contributed by atoms with Crippen molar-refractivity contribution in [1.29, 1.82) is 0 Å². The van der Waals surface area contributed by atoms with Gasteiger partial charge in [0.25, 0.3) is 0 Å². The maximum Gasteiger partial charge on any atom is 0.0851 e. The zero-order chi connectivity index (χ0) is 5.82. The molecule has 1 aliphatic heterocycles. The second-order valence-electron chi connectivity index (χ2n) is 2.06. The predicted octanol–water partition coefficient (Wildman–Crippen LogP) is 1.16. The summed E-state index contributed by atoms with van der Waals surface area (Å²) in [6.45, 7) is 5.49. The summed E-state index contributed by atoms with van der Waals surface area (Å²) in [5, 5.41) is 0. The molecular weight excluding hydrogens is 136 g/mol. The Hall–Kier alpha value is -0.240. The summed E-state index contributed by atoms with van der Waals surface area (Å²) in [6.07, 6.45) is 3.18.